The van der Waals surface area contributed by atoms with Gasteiger partial charge in [0.1, 0.15) is 6.54 Å². The van der Waals surface area contributed by atoms with E-state index >= 15 is 0 Å². The monoisotopic (exact) mass is 525 g/mol. The fourth-order valence-corrected chi connectivity index (χ4v) is 5.25. The lowest BCUT2D eigenvalue weighted by Gasteiger charge is -2.19. The normalized spacial score (nSPS) is 11.7. The molecule has 0 fully saturated rings. The molecule has 4 aromatic rings. The molecule has 0 aliphatic heterocycles. The van der Waals surface area contributed by atoms with Crippen LogP contribution in [0.1, 0.15) is 36.5 Å². The van der Waals surface area contributed by atoms with Gasteiger partial charge < -0.3 is 0 Å². The number of sulfone groups is 1. The van der Waals surface area contributed by atoms with Crippen molar-refractivity contribution in [2.24, 2.45) is 0 Å². The maximum absolute atomic E-state index is 13.7. The predicted octanol–water partition coefficient (Wildman–Crippen LogP) is 4.15. The van der Waals surface area contributed by atoms with Crippen LogP contribution < -0.4 is 5.56 Å². The molecule has 0 N–H and O–H groups in total. The maximum atomic E-state index is 13.7. The minimum absolute atomic E-state index is 0.138. The van der Waals surface area contributed by atoms with Crippen molar-refractivity contribution in [3.05, 3.63) is 81.4 Å². The van der Waals surface area contributed by atoms with Crippen molar-refractivity contribution < 1.29 is 18.0 Å². The molecule has 2 aromatic heterocycles. The molecular formula is C26H24ClN3O5S. The summed E-state index contributed by atoms with van der Waals surface area (Å²) in [7, 11) is -3.70. The fourth-order valence-electron chi connectivity index (χ4n) is 4.24. The van der Waals surface area contributed by atoms with Gasteiger partial charge in [-0.2, -0.15) is 5.10 Å². The highest BCUT2D eigenvalue weighted by Gasteiger charge is 2.25. The number of pyridine rings is 1. The quantitative estimate of drug-likeness (QED) is 0.320. The molecule has 0 saturated carbocycles. The highest BCUT2D eigenvalue weighted by molar-refractivity contribution is 7.90. The van der Waals surface area contributed by atoms with E-state index in [2.05, 4.69) is 5.10 Å². The van der Waals surface area contributed by atoms with Crippen LogP contribution in [0.15, 0.2) is 64.4 Å². The summed E-state index contributed by atoms with van der Waals surface area (Å²) in [6.07, 6.45) is 1.16. The van der Waals surface area contributed by atoms with Crippen molar-refractivity contribution in [2.75, 3.05) is 6.26 Å². The van der Waals surface area contributed by atoms with Crippen LogP contribution in [0.2, 0.25) is 5.02 Å². The molecule has 0 saturated heterocycles. The SMILES string of the molecule is CCC(=O)c1c(-c2ccccc2)c2cc(Cl)ccc2c(=O)n1Cc1cc(S(C)(=O)=O)n(CC(C)=O)n1. The molecule has 0 amide bonds. The summed E-state index contributed by atoms with van der Waals surface area (Å²) in [6.45, 7) is 2.64. The van der Waals surface area contributed by atoms with Crippen LogP contribution in [0.25, 0.3) is 21.9 Å². The first-order valence-corrected chi connectivity index (χ1v) is 13.5. The van der Waals surface area contributed by atoms with E-state index in [4.69, 9.17) is 11.6 Å². The molecule has 10 heteroatoms. The number of carbonyl (C=O) groups excluding carboxylic acids is 2. The lowest BCUT2D eigenvalue weighted by atomic mass is 9.94. The van der Waals surface area contributed by atoms with Crippen LogP contribution >= 0.6 is 11.6 Å². The van der Waals surface area contributed by atoms with Gasteiger partial charge in [0, 0.05) is 34.7 Å². The molecule has 0 aliphatic rings. The summed E-state index contributed by atoms with van der Waals surface area (Å²) in [5, 5.41) is 5.49. The smallest absolute Gasteiger partial charge is 0.259 e. The Morgan fingerprint density at radius 2 is 1.72 bits per heavy atom. The summed E-state index contributed by atoms with van der Waals surface area (Å²) >= 11 is 6.28. The van der Waals surface area contributed by atoms with E-state index in [9.17, 15) is 22.8 Å². The second-order valence-corrected chi connectivity index (χ2v) is 11.0. The van der Waals surface area contributed by atoms with Crippen LogP contribution in [0, 0.1) is 0 Å². The number of aromatic nitrogens is 3. The van der Waals surface area contributed by atoms with E-state index in [1.165, 1.54) is 17.6 Å². The van der Waals surface area contributed by atoms with Crippen LogP contribution in [0.5, 0.6) is 0 Å². The predicted molar refractivity (Wildman–Crippen MR) is 138 cm³/mol. The molecule has 186 valence electrons. The Bertz CT molecular complexity index is 1670. The van der Waals surface area contributed by atoms with Crippen molar-refractivity contribution in [3.63, 3.8) is 0 Å². The Labute approximate surface area is 213 Å². The van der Waals surface area contributed by atoms with Gasteiger partial charge in [-0.15, -0.1) is 0 Å². The van der Waals surface area contributed by atoms with Gasteiger partial charge in [0.25, 0.3) is 5.56 Å². The number of carbonyl (C=O) groups is 2. The molecule has 0 unspecified atom stereocenters. The molecule has 4 rings (SSSR count). The van der Waals surface area contributed by atoms with Crippen molar-refractivity contribution in [2.45, 2.75) is 38.4 Å². The van der Waals surface area contributed by atoms with Crippen molar-refractivity contribution in [1.29, 1.82) is 0 Å². The Kier molecular flexibility index (Phi) is 6.97. The van der Waals surface area contributed by atoms with Gasteiger partial charge >= 0.3 is 0 Å². The molecule has 0 spiro atoms. The average molecular weight is 526 g/mol. The van der Waals surface area contributed by atoms with Gasteiger partial charge in [0.15, 0.2) is 26.4 Å². The zero-order valence-corrected chi connectivity index (χ0v) is 21.6. The maximum Gasteiger partial charge on any atom is 0.259 e. The van der Waals surface area contributed by atoms with Gasteiger partial charge in [0.2, 0.25) is 0 Å². The Morgan fingerprint density at radius 3 is 2.33 bits per heavy atom. The van der Waals surface area contributed by atoms with Crippen molar-refractivity contribution >= 4 is 43.8 Å². The van der Waals surface area contributed by atoms with Gasteiger partial charge in [-0.1, -0.05) is 48.9 Å². The highest BCUT2D eigenvalue weighted by atomic mass is 35.5. The number of halogens is 1. The zero-order valence-electron chi connectivity index (χ0n) is 20.0. The fraction of sp³-hybridized carbons (Fsp3) is 0.231. The third-order valence-electron chi connectivity index (χ3n) is 5.75. The van der Waals surface area contributed by atoms with Crippen LogP contribution in [0.3, 0.4) is 0 Å². The third kappa shape index (κ3) is 4.89. The van der Waals surface area contributed by atoms with Gasteiger partial charge in [-0.25, -0.2) is 13.1 Å². The Balaban J connectivity index is 2.05. The van der Waals surface area contributed by atoms with E-state index in [0.717, 1.165) is 16.5 Å². The van der Waals surface area contributed by atoms with Crippen molar-refractivity contribution in [3.8, 4) is 11.1 Å². The van der Waals surface area contributed by atoms with E-state index in [1.807, 2.05) is 30.3 Å². The molecule has 0 radical (unpaired) electrons. The van der Waals surface area contributed by atoms with E-state index in [-0.39, 0.29) is 47.5 Å². The molecule has 8 nitrogen and oxygen atoms in total. The van der Waals surface area contributed by atoms with E-state index in [1.54, 1.807) is 25.1 Å². The van der Waals surface area contributed by atoms with E-state index < -0.39 is 15.4 Å². The number of hydrogen-bond acceptors (Lipinski definition) is 6. The Hall–Kier alpha value is -3.56. The number of hydrogen-bond donors (Lipinski definition) is 0. The Morgan fingerprint density at radius 1 is 1.03 bits per heavy atom. The van der Waals surface area contributed by atoms with Gasteiger partial charge in [0.05, 0.1) is 17.9 Å². The largest absolute Gasteiger partial charge is 0.298 e. The lowest BCUT2D eigenvalue weighted by molar-refractivity contribution is -0.117. The number of ketones is 2. The number of benzene rings is 2. The minimum atomic E-state index is -3.70. The molecule has 36 heavy (non-hydrogen) atoms. The number of Topliss-reactive ketones (excluding diaryl/α,β-unsaturated/α-hetero) is 2. The summed E-state index contributed by atoms with van der Waals surface area (Å²) in [5.41, 5.74) is 1.28. The molecule has 0 aliphatic carbocycles. The first-order chi connectivity index (χ1) is 17.0. The van der Waals surface area contributed by atoms with Gasteiger partial charge in [-0.05, 0) is 36.1 Å². The summed E-state index contributed by atoms with van der Waals surface area (Å²) < 4.78 is 27.1. The molecular weight excluding hydrogens is 502 g/mol. The number of rotatable bonds is 8. The first-order valence-electron chi connectivity index (χ1n) is 11.2. The van der Waals surface area contributed by atoms with Gasteiger partial charge in [-0.3, -0.25) is 19.0 Å². The summed E-state index contributed by atoms with van der Waals surface area (Å²) in [5.74, 6) is -0.540. The van der Waals surface area contributed by atoms with Crippen molar-refractivity contribution in [1.82, 2.24) is 14.3 Å². The minimum Gasteiger partial charge on any atom is -0.298 e. The third-order valence-corrected chi connectivity index (χ3v) is 7.07. The second-order valence-electron chi connectivity index (χ2n) is 8.55. The number of fused-ring (bicyclic) bond motifs is 1. The summed E-state index contributed by atoms with van der Waals surface area (Å²) in [4.78, 5) is 38.7. The molecule has 2 aromatic carbocycles. The molecule has 2 heterocycles. The molecule has 0 atom stereocenters. The standard InChI is InChI=1S/C26H24ClN3O5S/c1-4-22(32)25-24(17-8-6-5-7-9-17)21-12-18(27)10-11-20(21)26(33)29(25)15-19-13-23(36(3,34)35)30(28-19)14-16(2)31/h5-13H,4,14-15H2,1-3H3. The topological polar surface area (TPSA) is 108 Å². The first kappa shape index (κ1) is 25.5. The molecule has 0 bridgehead atoms. The van der Waals surface area contributed by atoms with E-state index in [0.29, 0.717) is 21.4 Å². The highest BCUT2D eigenvalue weighted by Crippen LogP contribution is 2.33. The van der Waals surface area contributed by atoms with Crippen LogP contribution in [0.4, 0.5) is 0 Å². The summed E-state index contributed by atoms with van der Waals surface area (Å²) in [6, 6.07) is 15.4. The zero-order chi connectivity index (χ0) is 26.2. The van der Waals surface area contributed by atoms with Crippen LogP contribution in [-0.2, 0) is 27.7 Å². The second kappa shape index (κ2) is 9.83. The number of nitrogens with zero attached hydrogens (tertiary/aromatic N) is 3. The average Bonchev–Trinajstić information content (AvgIpc) is 3.22. The van der Waals surface area contributed by atoms with Crippen LogP contribution in [-0.4, -0.2) is 40.6 Å². The lowest BCUT2D eigenvalue weighted by Crippen LogP contribution is -2.28.